The molecule has 0 saturated heterocycles. The van der Waals surface area contributed by atoms with Crippen molar-refractivity contribution in [3.05, 3.63) is 58.2 Å². The number of aromatic nitrogens is 2. The Morgan fingerprint density at radius 1 is 1.00 bits per heavy atom. The molecule has 0 fully saturated rings. The van der Waals surface area contributed by atoms with Crippen molar-refractivity contribution in [2.45, 2.75) is 11.8 Å². The lowest BCUT2D eigenvalue weighted by atomic mass is 10.0. The minimum atomic E-state index is -3.24. The van der Waals surface area contributed by atoms with Crippen LogP contribution in [0, 0.1) is 6.92 Å². The first-order valence-corrected chi connectivity index (χ1v) is 9.73. The summed E-state index contributed by atoms with van der Waals surface area (Å²) < 4.78 is 23.2. The molecule has 0 aliphatic heterocycles. The number of aryl methyl sites for hydroxylation is 1. The Hall–Kier alpha value is -1.82. The Balaban J connectivity index is 2.12. The fourth-order valence-electron chi connectivity index (χ4n) is 2.40. The van der Waals surface area contributed by atoms with Crippen molar-refractivity contribution in [3.8, 4) is 22.4 Å². The van der Waals surface area contributed by atoms with Crippen LogP contribution in [0.1, 0.15) is 5.56 Å². The summed E-state index contributed by atoms with van der Waals surface area (Å²) in [5.41, 5.74) is 3.94. The van der Waals surface area contributed by atoms with Gasteiger partial charge in [0.15, 0.2) is 9.84 Å². The molecule has 0 saturated carbocycles. The number of aromatic amines is 1. The molecule has 24 heavy (non-hydrogen) atoms. The standard InChI is InChI=1S/C17H14Cl2N2O2S/c1-10-3-4-12(9-14(10)18)15-16(20-21-17(15)19)11-5-7-13(8-6-11)24(2,22)23/h3-9H,1-2H3,(H,20,21). The summed E-state index contributed by atoms with van der Waals surface area (Å²) in [5, 5.41) is 8.07. The van der Waals surface area contributed by atoms with Gasteiger partial charge in [0.05, 0.1) is 4.90 Å². The predicted molar refractivity (Wildman–Crippen MR) is 97.3 cm³/mol. The van der Waals surface area contributed by atoms with Crippen LogP contribution in [-0.2, 0) is 9.84 Å². The van der Waals surface area contributed by atoms with Gasteiger partial charge in [-0.2, -0.15) is 5.10 Å². The molecule has 7 heteroatoms. The summed E-state index contributed by atoms with van der Waals surface area (Å²) in [7, 11) is -3.24. The van der Waals surface area contributed by atoms with Crippen LogP contribution in [0.15, 0.2) is 47.4 Å². The van der Waals surface area contributed by atoms with Crippen molar-refractivity contribution in [2.24, 2.45) is 0 Å². The molecule has 4 nitrogen and oxygen atoms in total. The van der Waals surface area contributed by atoms with Gasteiger partial charge in [0.25, 0.3) is 0 Å². The molecule has 1 N–H and O–H groups in total. The van der Waals surface area contributed by atoms with Crippen molar-refractivity contribution in [1.29, 1.82) is 0 Å². The first-order chi connectivity index (χ1) is 11.3. The maximum atomic E-state index is 11.6. The molecule has 0 atom stereocenters. The molecule has 0 unspecified atom stereocenters. The van der Waals surface area contributed by atoms with Crippen molar-refractivity contribution in [1.82, 2.24) is 10.2 Å². The molecular formula is C17H14Cl2N2O2S. The lowest BCUT2D eigenvalue weighted by molar-refractivity contribution is 0.602. The fourth-order valence-corrected chi connectivity index (χ4v) is 3.45. The van der Waals surface area contributed by atoms with Crippen LogP contribution in [0.3, 0.4) is 0 Å². The van der Waals surface area contributed by atoms with Gasteiger partial charge in [-0.3, -0.25) is 5.10 Å². The van der Waals surface area contributed by atoms with E-state index in [4.69, 9.17) is 23.2 Å². The van der Waals surface area contributed by atoms with Crippen LogP contribution in [-0.4, -0.2) is 24.9 Å². The number of hydrogen-bond donors (Lipinski definition) is 1. The van der Waals surface area contributed by atoms with E-state index in [1.54, 1.807) is 24.3 Å². The van der Waals surface area contributed by atoms with Gasteiger partial charge in [-0.25, -0.2) is 8.42 Å². The monoisotopic (exact) mass is 380 g/mol. The number of halogens is 2. The molecule has 0 spiro atoms. The first-order valence-electron chi connectivity index (χ1n) is 7.08. The molecule has 3 rings (SSSR count). The van der Waals surface area contributed by atoms with Crippen molar-refractivity contribution >= 4 is 33.0 Å². The summed E-state index contributed by atoms with van der Waals surface area (Å²) in [5.74, 6) is 0. The average molecular weight is 381 g/mol. The Kier molecular flexibility index (Phi) is 4.42. The number of hydrogen-bond acceptors (Lipinski definition) is 3. The highest BCUT2D eigenvalue weighted by Crippen LogP contribution is 2.37. The average Bonchev–Trinajstić information content (AvgIpc) is 2.91. The largest absolute Gasteiger partial charge is 0.266 e. The van der Waals surface area contributed by atoms with Gasteiger partial charge in [-0.15, -0.1) is 0 Å². The van der Waals surface area contributed by atoms with Gasteiger partial charge < -0.3 is 0 Å². The second-order valence-electron chi connectivity index (χ2n) is 5.52. The van der Waals surface area contributed by atoms with Crippen LogP contribution < -0.4 is 0 Å². The van der Waals surface area contributed by atoms with E-state index in [0.717, 1.165) is 22.3 Å². The van der Waals surface area contributed by atoms with Gasteiger partial charge in [0.1, 0.15) is 10.8 Å². The predicted octanol–water partition coefficient (Wildman–Crippen LogP) is 4.76. The maximum Gasteiger partial charge on any atom is 0.175 e. The van der Waals surface area contributed by atoms with E-state index < -0.39 is 9.84 Å². The molecule has 0 aliphatic rings. The quantitative estimate of drug-likeness (QED) is 0.711. The second kappa shape index (κ2) is 6.24. The lowest BCUT2D eigenvalue weighted by Crippen LogP contribution is -1.96. The topological polar surface area (TPSA) is 62.8 Å². The summed E-state index contributed by atoms with van der Waals surface area (Å²) >= 11 is 12.5. The molecule has 3 aromatic rings. The van der Waals surface area contributed by atoms with E-state index >= 15 is 0 Å². The Labute approximate surface area is 150 Å². The molecule has 0 radical (unpaired) electrons. The van der Waals surface area contributed by atoms with E-state index in [1.165, 1.54) is 6.26 Å². The first kappa shape index (κ1) is 17.0. The summed E-state index contributed by atoms with van der Waals surface area (Å²) in [6, 6.07) is 12.2. The van der Waals surface area contributed by atoms with E-state index in [9.17, 15) is 8.42 Å². The highest BCUT2D eigenvalue weighted by atomic mass is 35.5. The van der Waals surface area contributed by atoms with Gasteiger partial charge in [-0.05, 0) is 36.2 Å². The number of benzene rings is 2. The van der Waals surface area contributed by atoms with Crippen molar-refractivity contribution in [2.75, 3.05) is 6.26 Å². The zero-order valence-corrected chi connectivity index (χ0v) is 15.3. The molecule has 0 amide bonds. The van der Waals surface area contributed by atoms with Crippen molar-refractivity contribution < 1.29 is 8.42 Å². The van der Waals surface area contributed by atoms with Crippen LogP contribution in [0.2, 0.25) is 10.2 Å². The lowest BCUT2D eigenvalue weighted by Gasteiger charge is -2.07. The zero-order valence-electron chi connectivity index (χ0n) is 13.0. The van der Waals surface area contributed by atoms with Gasteiger partial charge in [0, 0.05) is 22.4 Å². The van der Waals surface area contributed by atoms with Crippen LogP contribution in [0.5, 0.6) is 0 Å². The maximum absolute atomic E-state index is 11.6. The SMILES string of the molecule is Cc1ccc(-c2c(-c3ccc(S(C)(=O)=O)cc3)n[nH]c2Cl)cc1Cl. The molecule has 1 heterocycles. The van der Waals surface area contributed by atoms with Crippen molar-refractivity contribution in [3.63, 3.8) is 0 Å². The van der Waals surface area contributed by atoms with E-state index in [-0.39, 0.29) is 4.90 Å². The number of nitrogens with one attached hydrogen (secondary N) is 1. The third-order valence-electron chi connectivity index (χ3n) is 3.74. The molecule has 1 aromatic heterocycles. The highest BCUT2D eigenvalue weighted by Gasteiger charge is 2.17. The normalized spacial score (nSPS) is 11.7. The van der Waals surface area contributed by atoms with Gasteiger partial charge >= 0.3 is 0 Å². The van der Waals surface area contributed by atoms with Crippen LogP contribution >= 0.6 is 23.2 Å². The third kappa shape index (κ3) is 3.20. The minimum Gasteiger partial charge on any atom is -0.266 e. The Morgan fingerprint density at radius 3 is 2.21 bits per heavy atom. The fraction of sp³-hybridized carbons (Fsp3) is 0.118. The highest BCUT2D eigenvalue weighted by molar-refractivity contribution is 7.90. The molecule has 0 bridgehead atoms. The second-order valence-corrected chi connectivity index (χ2v) is 8.32. The summed E-state index contributed by atoms with van der Waals surface area (Å²) in [6.45, 7) is 1.92. The van der Waals surface area contributed by atoms with Crippen LogP contribution in [0.25, 0.3) is 22.4 Å². The number of H-pyrrole nitrogens is 1. The number of sulfone groups is 1. The van der Waals surface area contributed by atoms with E-state index in [2.05, 4.69) is 10.2 Å². The minimum absolute atomic E-state index is 0.257. The zero-order chi connectivity index (χ0) is 17.5. The van der Waals surface area contributed by atoms with E-state index in [1.807, 2.05) is 25.1 Å². The molecule has 0 aliphatic carbocycles. The number of nitrogens with zero attached hydrogens (tertiary/aromatic N) is 1. The van der Waals surface area contributed by atoms with Crippen LogP contribution in [0.4, 0.5) is 0 Å². The van der Waals surface area contributed by atoms with Gasteiger partial charge in [-0.1, -0.05) is 47.5 Å². The molecule has 2 aromatic carbocycles. The third-order valence-corrected chi connectivity index (χ3v) is 5.55. The summed E-state index contributed by atoms with van der Waals surface area (Å²) in [4.78, 5) is 0.257. The molecular weight excluding hydrogens is 367 g/mol. The number of rotatable bonds is 3. The smallest absolute Gasteiger partial charge is 0.175 e. The Bertz CT molecular complexity index is 1010. The van der Waals surface area contributed by atoms with E-state index in [0.29, 0.717) is 15.9 Å². The summed E-state index contributed by atoms with van der Waals surface area (Å²) in [6.07, 6.45) is 1.17. The Morgan fingerprint density at radius 2 is 1.62 bits per heavy atom. The van der Waals surface area contributed by atoms with Gasteiger partial charge in [0.2, 0.25) is 0 Å². The molecule has 124 valence electrons.